The van der Waals surface area contributed by atoms with Crippen molar-refractivity contribution in [2.45, 2.75) is 18.4 Å². The van der Waals surface area contributed by atoms with Crippen LogP contribution in [-0.4, -0.2) is 37.7 Å². The number of aromatic nitrogens is 4. The second-order valence-electron chi connectivity index (χ2n) is 8.98. The quantitative estimate of drug-likeness (QED) is 0.305. The molecular formula is C28H23Cl2N5O. The molecule has 0 spiro atoms. The van der Waals surface area contributed by atoms with E-state index in [1.54, 1.807) is 6.33 Å². The van der Waals surface area contributed by atoms with E-state index in [1.807, 2.05) is 83.4 Å². The lowest BCUT2D eigenvalue weighted by Gasteiger charge is -2.39. The Bertz CT molecular complexity index is 1530. The maximum absolute atomic E-state index is 11.3. The fourth-order valence-electron chi connectivity index (χ4n) is 4.90. The topological polar surface area (TPSA) is 67.1 Å². The first-order valence-electron chi connectivity index (χ1n) is 11.8. The molecule has 6 nitrogen and oxygen atoms in total. The van der Waals surface area contributed by atoms with Crippen molar-refractivity contribution in [2.75, 3.05) is 18.0 Å². The Kier molecular flexibility index (Phi) is 5.88. The first-order chi connectivity index (χ1) is 17.5. The molecule has 36 heavy (non-hydrogen) atoms. The van der Waals surface area contributed by atoms with E-state index in [0.29, 0.717) is 53.0 Å². The van der Waals surface area contributed by atoms with Crippen molar-refractivity contribution in [1.29, 1.82) is 0 Å². The SMILES string of the molecule is OC1(c2ccccc2)CCN(c2ncnc3c2nc(-c2ccccc2Cl)n3-c2ccc(Cl)cc2)CC1. The summed E-state index contributed by atoms with van der Waals surface area (Å²) in [4.78, 5) is 16.5. The van der Waals surface area contributed by atoms with Gasteiger partial charge in [0, 0.05) is 29.4 Å². The Morgan fingerprint density at radius 2 is 1.50 bits per heavy atom. The number of hydrogen-bond acceptors (Lipinski definition) is 5. The normalized spacial score (nSPS) is 15.4. The van der Waals surface area contributed by atoms with Crippen LogP contribution in [0.2, 0.25) is 10.0 Å². The van der Waals surface area contributed by atoms with Crippen molar-refractivity contribution in [3.8, 4) is 17.1 Å². The minimum Gasteiger partial charge on any atom is -0.385 e. The van der Waals surface area contributed by atoms with Crippen molar-refractivity contribution in [3.63, 3.8) is 0 Å². The summed E-state index contributed by atoms with van der Waals surface area (Å²) in [5, 5.41) is 12.6. The van der Waals surface area contributed by atoms with Gasteiger partial charge in [-0.05, 0) is 54.8 Å². The van der Waals surface area contributed by atoms with Crippen LogP contribution in [0.4, 0.5) is 5.82 Å². The second kappa shape index (κ2) is 9.21. The number of halogens is 2. The molecule has 3 heterocycles. The molecule has 1 aliphatic rings. The first-order valence-corrected chi connectivity index (χ1v) is 12.6. The molecule has 0 radical (unpaired) electrons. The van der Waals surface area contributed by atoms with Gasteiger partial charge in [-0.1, -0.05) is 65.7 Å². The van der Waals surface area contributed by atoms with Gasteiger partial charge in [0.1, 0.15) is 12.2 Å². The number of rotatable bonds is 4. The van der Waals surface area contributed by atoms with E-state index >= 15 is 0 Å². The summed E-state index contributed by atoms with van der Waals surface area (Å²) in [5.41, 5.74) is 3.14. The molecular weight excluding hydrogens is 493 g/mol. The van der Waals surface area contributed by atoms with E-state index in [0.717, 1.165) is 22.6 Å². The third kappa shape index (κ3) is 4.01. The van der Waals surface area contributed by atoms with E-state index in [1.165, 1.54) is 0 Å². The third-order valence-electron chi connectivity index (χ3n) is 6.83. The van der Waals surface area contributed by atoms with Gasteiger partial charge >= 0.3 is 0 Å². The number of fused-ring (bicyclic) bond motifs is 1. The summed E-state index contributed by atoms with van der Waals surface area (Å²) < 4.78 is 1.99. The molecule has 0 unspecified atom stereocenters. The van der Waals surface area contributed by atoms with Crippen LogP contribution in [0.15, 0.2) is 85.2 Å². The molecule has 0 amide bonds. The second-order valence-corrected chi connectivity index (χ2v) is 9.82. The van der Waals surface area contributed by atoms with E-state index < -0.39 is 5.60 Å². The highest BCUT2D eigenvalue weighted by Crippen LogP contribution is 2.38. The number of aliphatic hydroxyl groups is 1. The van der Waals surface area contributed by atoms with Crippen LogP contribution in [0, 0.1) is 0 Å². The van der Waals surface area contributed by atoms with Gasteiger partial charge in [0.05, 0.1) is 10.6 Å². The predicted molar refractivity (Wildman–Crippen MR) is 144 cm³/mol. The van der Waals surface area contributed by atoms with Gasteiger partial charge in [0.15, 0.2) is 17.0 Å². The summed E-state index contributed by atoms with van der Waals surface area (Å²) in [6.07, 6.45) is 2.76. The fourth-order valence-corrected chi connectivity index (χ4v) is 5.24. The lowest BCUT2D eigenvalue weighted by Crippen LogP contribution is -2.43. The van der Waals surface area contributed by atoms with Crippen LogP contribution >= 0.6 is 23.2 Å². The zero-order valence-electron chi connectivity index (χ0n) is 19.4. The zero-order chi connectivity index (χ0) is 24.7. The van der Waals surface area contributed by atoms with Crippen LogP contribution in [0.1, 0.15) is 18.4 Å². The minimum absolute atomic E-state index is 0.595. The van der Waals surface area contributed by atoms with Gasteiger partial charge < -0.3 is 10.0 Å². The number of nitrogens with zero attached hydrogens (tertiary/aromatic N) is 5. The van der Waals surface area contributed by atoms with E-state index in [-0.39, 0.29) is 0 Å². The molecule has 0 atom stereocenters. The lowest BCUT2D eigenvalue weighted by atomic mass is 9.84. The molecule has 2 aromatic heterocycles. The lowest BCUT2D eigenvalue weighted by molar-refractivity contribution is 0.0117. The minimum atomic E-state index is -0.852. The molecule has 1 N–H and O–H groups in total. The Balaban J connectivity index is 1.45. The predicted octanol–water partition coefficient (Wildman–Crippen LogP) is 6.28. The van der Waals surface area contributed by atoms with E-state index in [9.17, 15) is 5.11 Å². The van der Waals surface area contributed by atoms with Gasteiger partial charge in [-0.2, -0.15) is 0 Å². The molecule has 1 saturated heterocycles. The smallest absolute Gasteiger partial charge is 0.170 e. The average molecular weight is 516 g/mol. The standard InChI is InChI=1S/C28H23Cl2N5O/c29-20-10-12-21(13-11-20)35-25(22-8-4-5-9-23(22)30)33-24-26(31-18-32-27(24)35)34-16-14-28(36,15-17-34)19-6-2-1-3-7-19/h1-13,18,36H,14-17H2. The van der Waals surface area contributed by atoms with Crippen molar-refractivity contribution in [1.82, 2.24) is 19.5 Å². The largest absolute Gasteiger partial charge is 0.385 e. The van der Waals surface area contributed by atoms with Gasteiger partial charge in [0.2, 0.25) is 0 Å². The van der Waals surface area contributed by atoms with Crippen molar-refractivity contribution < 1.29 is 5.11 Å². The number of benzene rings is 3. The highest BCUT2D eigenvalue weighted by Gasteiger charge is 2.35. The fraction of sp³-hybridized carbons (Fsp3) is 0.179. The molecule has 1 fully saturated rings. The molecule has 5 aromatic rings. The molecule has 1 aliphatic heterocycles. The summed E-state index contributed by atoms with van der Waals surface area (Å²) in [6.45, 7) is 1.29. The molecule has 0 saturated carbocycles. The van der Waals surface area contributed by atoms with Crippen LogP contribution in [0.5, 0.6) is 0 Å². The molecule has 0 aliphatic carbocycles. The van der Waals surface area contributed by atoms with Crippen LogP contribution in [-0.2, 0) is 5.60 Å². The van der Waals surface area contributed by atoms with E-state index in [4.69, 9.17) is 28.2 Å². The Hall–Kier alpha value is -3.45. The Labute approximate surface area is 218 Å². The van der Waals surface area contributed by atoms with Crippen molar-refractivity contribution in [3.05, 3.63) is 101 Å². The summed E-state index contributed by atoms with van der Waals surface area (Å²) in [5.74, 6) is 1.42. The number of imidazole rings is 1. The average Bonchev–Trinajstić information content (AvgIpc) is 3.30. The van der Waals surface area contributed by atoms with Gasteiger partial charge in [-0.25, -0.2) is 15.0 Å². The molecule has 8 heteroatoms. The highest BCUT2D eigenvalue weighted by atomic mass is 35.5. The Morgan fingerprint density at radius 3 is 2.22 bits per heavy atom. The van der Waals surface area contributed by atoms with Crippen LogP contribution in [0.3, 0.4) is 0 Å². The van der Waals surface area contributed by atoms with Crippen LogP contribution in [0.25, 0.3) is 28.2 Å². The van der Waals surface area contributed by atoms with Gasteiger partial charge in [-0.15, -0.1) is 0 Å². The zero-order valence-corrected chi connectivity index (χ0v) is 20.9. The molecule has 6 rings (SSSR count). The van der Waals surface area contributed by atoms with Crippen LogP contribution < -0.4 is 4.90 Å². The van der Waals surface area contributed by atoms with Crippen molar-refractivity contribution in [2.24, 2.45) is 0 Å². The van der Waals surface area contributed by atoms with Gasteiger partial charge in [0.25, 0.3) is 0 Å². The number of piperidine rings is 1. The molecule has 180 valence electrons. The van der Waals surface area contributed by atoms with Gasteiger partial charge in [-0.3, -0.25) is 4.57 Å². The highest BCUT2D eigenvalue weighted by molar-refractivity contribution is 6.33. The van der Waals surface area contributed by atoms with Crippen molar-refractivity contribution >= 4 is 40.2 Å². The molecule has 3 aromatic carbocycles. The maximum Gasteiger partial charge on any atom is 0.170 e. The monoisotopic (exact) mass is 515 g/mol. The summed E-state index contributed by atoms with van der Waals surface area (Å²) in [6, 6.07) is 25.1. The Morgan fingerprint density at radius 1 is 0.806 bits per heavy atom. The summed E-state index contributed by atoms with van der Waals surface area (Å²) >= 11 is 12.8. The number of anilines is 1. The van der Waals surface area contributed by atoms with E-state index in [2.05, 4.69) is 14.9 Å². The number of hydrogen-bond donors (Lipinski definition) is 1. The third-order valence-corrected chi connectivity index (χ3v) is 7.41. The molecule has 0 bridgehead atoms. The maximum atomic E-state index is 11.3. The first kappa shape index (κ1) is 23.0. The summed E-state index contributed by atoms with van der Waals surface area (Å²) in [7, 11) is 0.